The molecular weight excluding hydrogens is 288 g/mol. The number of carboxylic acid groups (broad SMARTS) is 1. The van der Waals surface area contributed by atoms with Crippen LogP contribution in [0, 0.1) is 6.92 Å². The SMILES string of the molecule is Cc1cc(NC(=O)c2csc3ccccc23)c(C(=O)O)[nH]1. The number of nitrogens with one attached hydrogen (secondary N) is 2. The summed E-state index contributed by atoms with van der Waals surface area (Å²) in [7, 11) is 0. The number of rotatable bonds is 3. The van der Waals surface area contributed by atoms with Gasteiger partial charge >= 0.3 is 5.97 Å². The van der Waals surface area contributed by atoms with E-state index in [-0.39, 0.29) is 17.3 Å². The molecule has 1 aromatic carbocycles. The number of anilines is 1. The molecule has 6 heteroatoms. The smallest absolute Gasteiger partial charge is 0.354 e. The van der Waals surface area contributed by atoms with Crippen molar-refractivity contribution in [2.75, 3.05) is 5.32 Å². The van der Waals surface area contributed by atoms with Gasteiger partial charge < -0.3 is 15.4 Å². The van der Waals surface area contributed by atoms with Gasteiger partial charge in [-0.05, 0) is 19.1 Å². The van der Waals surface area contributed by atoms with Gasteiger partial charge in [-0.3, -0.25) is 4.79 Å². The van der Waals surface area contributed by atoms with Gasteiger partial charge in [-0.1, -0.05) is 18.2 Å². The van der Waals surface area contributed by atoms with E-state index < -0.39 is 5.97 Å². The van der Waals surface area contributed by atoms with Crippen LogP contribution in [-0.4, -0.2) is 22.0 Å². The molecule has 2 heterocycles. The number of aromatic amines is 1. The molecule has 21 heavy (non-hydrogen) atoms. The standard InChI is InChI=1S/C15H12N2O3S/c1-8-6-11(13(16-8)15(19)20)17-14(18)10-7-21-12-5-3-2-4-9(10)12/h2-7,16H,1H3,(H,17,18)(H,19,20). The predicted molar refractivity (Wildman–Crippen MR) is 82.3 cm³/mol. The maximum atomic E-state index is 12.4. The van der Waals surface area contributed by atoms with Crippen LogP contribution in [0.5, 0.6) is 0 Å². The first-order valence-corrected chi connectivity index (χ1v) is 7.14. The third kappa shape index (κ3) is 2.41. The fourth-order valence-corrected chi connectivity index (χ4v) is 3.14. The van der Waals surface area contributed by atoms with E-state index in [1.165, 1.54) is 11.3 Å². The molecule has 5 nitrogen and oxygen atoms in total. The minimum absolute atomic E-state index is 0.0135. The second-order valence-electron chi connectivity index (χ2n) is 4.65. The first-order valence-electron chi connectivity index (χ1n) is 6.27. The van der Waals surface area contributed by atoms with Crippen LogP contribution in [0.2, 0.25) is 0 Å². The van der Waals surface area contributed by atoms with Crippen LogP contribution in [0.4, 0.5) is 5.69 Å². The van der Waals surface area contributed by atoms with Gasteiger partial charge in [0.2, 0.25) is 0 Å². The van der Waals surface area contributed by atoms with Crippen molar-refractivity contribution in [2.45, 2.75) is 6.92 Å². The van der Waals surface area contributed by atoms with Crippen molar-refractivity contribution in [3.05, 3.63) is 52.7 Å². The lowest BCUT2D eigenvalue weighted by Gasteiger charge is -2.03. The van der Waals surface area contributed by atoms with Crippen molar-refractivity contribution in [1.29, 1.82) is 0 Å². The topological polar surface area (TPSA) is 82.2 Å². The number of hydrogen-bond acceptors (Lipinski definition) is 3. The highest BCUT2D eigenvalue weighted by atomic mass is 32.1. The van der Waals surface area contributed by atoms with Crippen molar-refractivity contribution >= 4 is 39.0 Å². The van der Waals surface area contributed by atoms with E-state index in [0.29, 0.717) is 11.3 Å². The van der Waals surface area contributed by atoms with E-state index in [1.807, 2.05) is 24.3 Å². The van der Waals surface area contributed by atoms with Crippen molar-refractivity contribution in [3.63, 3.8) is 0 Å². The molecule has 106 valence electrons. The van der Waals surface area contributed by atoms with Gasteiger partial charge in [-0.2, -0.15) is 0 Å². The number of benzene rings is 1. The maximum absolute atomic E-state index is 12.4. The molecule has 2 aromatic heterocycles. The summed E-state index contributed by atoms with van der Waals surface area (Å²) in [5, 5.41) is 14.4. The highest BCUT2D eigenvalue weighted by Gasteiger charge is 2.18. The first kappa shape index (κ1) is 13.4. The lowest BCUT2D eigenvalue weighted by Crippen LogP contribution is -2.13. The van der Waals surface area contributed by atoms with Crippen LogP contribution < -0.4 is 5.32 Å². The van der Waals surface area contributed by atoms with Crippen LogP contribution in [0.15, 0.2) is 35.7 Å². The number of carboxylic acids is 1. The number of aromatic carboxylic acids is 1. The Morgan fingerprint density at radius 2 is 2.05 bits per heavy atom. The van der Waals surface area contributed by atoms with Crippen molar-refractivity contribution in [2.24, 2.45) is 0 Å². The third-order valence-electron chi connectivity index (χ3n) is 3.14. The van der Waals surface area contributed by atoms with Gasteiger partial charge in [0.1, 0.15) is 5.69 Å². The largest absolute Gasteiger partial charge is 0.477 e. The number of hydrogen-bond donors (Lipinski definition) is 3. The Labute approximate surface area is 124 Å². The summed E-state index contributed by atoms with van der Waals surface area (Å²) in [4.78, 5) is 26.2. The van der Waals surface area contributed by atoms with Gasteiger partial charge in [0.05, 0.1) is 11.3 Å². The molecule has 0 spiro atoms. The molecule has 0 bridgehead atoms. The molecule has 3 N–H and O–H groups in total. The number of H-pyrrole nitrogens is 1. The molecule has 0 unspecified atom stereocenters. The molecule has 3 aromatic rings. The van der Waals surface area contributed by atoms with Crippen molar-refractivity contribution in [3.8, 4) is 0 Å². The highest BCUT2D eigenvalue weighted by molar-refractivity contribution is 7.17. The summed E-state index contributed by atoms with van der Waals surface area (Å²) >= 11 is 1.48. The Morgan fingerprint density at radius 3 is 2.81 bits per heavy atom. The number of fused-ring (bicyclic) bond motifs is 1. The van der Waals surface area contributed by atoms with Gasteiger partial charge in [-0.25, -0.2) is 4.79 Å². The molecule has 0 fully saturated rings. The average Bonchev–Trinajstić information content (AvgIpc) is 3.02. The fraction of sp³-hybridized carbons (Fsp3) is 0.0667. The van der Waals surface area contributed by atoms with Crippen LogP contribution in [0.25, 0.3) is 10.1 Å². The number of amides is 1. The van der Waals surface area contributed by atoms with Crippen molar-refractivity contribution in [1.82, 2.24) is 4.98 Å². The zero-order valence-corrected chi connectivity index (χ0v) is 12.0. The molecule has 0 atom stereocenters. The van der Waals surface area contributed by atoms with Gasteiger partial charge in [0.25, 0.3) is 5.91 Å². The number of thiophene rings is 1. The normalized spacial score (nSPS) is 10.7. The van der Waals surface area contributed by atoms with E-state index in [1.54, 1.807) is 18.4 Å². The molecule has 0 aliphatic rings. The summed E-state index contributed by atoms with van der Waals surface area (Å²) in [6, 6.07) is 9.21. The second kappa shape index (κ2) is 5.06. The van der Waals surface area contributed by atoms with E-state index in [9.17, 15) is 9.59 Å². The zero-order chi connectivity index (χ0) is 15.0. The first-order chi connectivity index (χ1) is 10.1. The molecule has 0 aliphatic heterocycles. The number of aryl methyl sites for hydroxylation is 1. The summed E-state index contributed by atoms with van der Waals surface area (Å²) in [6.45, 7) is 1.74. The van der Waals surface area contributed by atoms with Crippen LogP contribution in [0.1, 0.15) is 26.5 Å². The molecule has 0 saturated heterocycles. The summed E-state index contributed by atoms with van der Waals surface area (Å²) < 4.78 is 1.02. The Bertz CT molecular complexity index is 848. The minimum atomic E-state index is -1.10. The van der Waals surface area contributed by atoms with Crippen LogP contribution in [0.3, 0.4) is 0 Å². The molecule has 1 amide bonds. The van der Waals surface area contributed by atoms with Gasteiger partial charge in [-0.15, -0.1) is 11.3 Å². The van der Waals surface area contributed by atoms with Crippen LogP contribution >= 0.6 is 11.3 Å². The number of carbonyl (C=O) groups excluding carboxylic acids is 1. The van der Waals surface area contributed by atoms with E-state index in [4.69, 9.17) is 5.11 Å². The van der Waals surface area contributed by atoms with Gasteiger partial charge in [0, 0.05) is 21.2 Å². The second-order valence-corrected chi connectivity index (χ2v) is 5.56. The summed E-state index contributed by atoms with van der Waals surface area (Å²) in [5.41, 5.74) is 1.49. The minimum Gasteiger partial charge on any atom is -0.477 e. The predicted octanol–water partition coefficient (Wildman–Crippen LogP) is 3.49. The molecule has 0 aliphatic carbocycles. The zero-order valence-electron chi connectivity index (χ0n) is 11.1. The number of aromatic nitrogens is 1. The quantitative estimate of drug-likeness (QED) is 0.692. The Kier molecular flexibility index (Phi) is 3.23. The third-order valence-corrected chi connectivity index (χ3v) is 4.10. The Balaban J connectivity index is 1.95. The lowest BCUT2D eigenvalue weighted by molar-refractivity contribution is 0.0692. The lowest BCUT2D eigenvalue weighted by atomic mass is 10.1. The fourth-order valence-electron chi connectivity index (χ4n) is 2.20. The summed E-state index contributed by atoms with van der Waals surface area (Å²) in [6.07, 6.45) is 0. The molecular formula is C15H12N2O3S. The maximum Gasteiger partial charge on any atom is 0.354 e. The average molecular weight is 300 g/mol. The van der Waals surface area contributed by atoms with E-state index in [0.717, 1.165) is 10.1 Å². The Morgan fingerprint density at radius 1 is 1.29 bits per heavy atom. The van der Waals surface area contributed by atoms with E-state index >= 15 is 0 Å². The molecule has 3 rings (SSSR count). The monoisotopic (exact) mass is 300 g/mol. The van der Waals surface area contributed by atoms with Crippen LogP contribution in [-0.2, 0) is 0 Å². The number of carbonyl (C=O) groups is 2. The summed E-state index contributed by atoms with van der Waals surface area (Å²) in [5.74, 6) is -1.41. The van der Waals surface area contributed by atoms with Crippen molar-refractivity contribution < 1.29 is 14.7 Å². The van der Waals surface area contributed by atoms with E-state index in [2.05, 4.69) is 10.3 Å². The van der Waals surface area contributed by atoms with Gasteiger partial charge in [0.15, 0.2) is 0 Å². The highest BCUT2D eigenvalue weighted by Crippen LogP contribution is 2.27. The molecule has 0 saturated carbocycles. The molecule has 0 radical (unpaired) electrons. The Hall–Kier alpha value is -2.60.